The first-order valence-corrected chi connectivity index (χ1v) is 5.83. The summed E-state index contributed by atoms with van der Waals surface area (Å²) in [5.41, 5.74) is 0.813. The molecule has 1 aliphatic heterocycles. The van der Waals surface area contributed by atoms with E-state index in [1.54, 1.807) is 12.1 Å². The van der Waals surface area contributed by atoms with Gasteiger partial charge in [0.15, 0.2) is 0 Å². The first kappa shape index (κ1) is 11.9. The van der Waals surface area contributed by atoms with Crippen molar-refractivity contribution in [1.29, 1.82) is 5.26 Å². The van der Waals surface area contributed by atoms with E-state index < -0.39 is 0 Å². The molecule has 4 heteroatoms. The van der Waals surface area contributed by atoms with Gasteiger partial charge in [-0.2, -0.15) is 5.26 Å². The molecule has 0 aliphatic carbocycles. The number of hydrogen-bond acceptors (Lipinski definition) is 3. The Morgan fingerprint density at radius 3 is 3.00 bits per heavy atom. The van der Waals surface area contributed by atoms with Gasteiger partial charge in [-0.1, -0.05) is 0 Å². The zero-order chi connectivity index (χ0) is 12.1. The molecule has 1 aromatic carbocycles. The fraction of sp³-hybridized carbons (Fsp3) is 0.462. The molecule has 1 heterocycles. The lowest BCUT2D eigenvalue weighted by Gasteiger charge is -2.17. The van der Waals surface area contributed by atoms with Crippen LogP contribution in [0, 0.1) is 17.1 Å². The summed E-state index contributed by atoms with van der Waals surface area (Å²) in [6.45, 7) is 1.50. The Balaban J connectivity index is 2.05. The van der Waals surface area contributed by atoms with E-state index >= 15 is 0 Å². The van der Waals surface area contributed by atoms with Gasteiger partial charge in [0.25, 0.3) is 0 Å². The Morgan fingerprint density at radius 1 is 1.35 bits per heavy atom. The van der Waals surface area contributed by atoms with Crippen LogP contribution < -0.4 is 5.32 Å². The van der Waals surface area contributed by atoms with Crippen LogP contribution in [0.3, 0.4) is 0 Å². The molecule has 0 spiro atoms. The predicted molar refractivity (Wildman–Crippen MR) is 63.2 cm³/mol. The zero-order valence-electron chi connectivity index (χ0n) is 9.58. The number of rotatable bonds is 2. The second-order valence-electron chi connectivity index (χ2n) is 4.19. The van der Waals surface area contributed by atoms with Crippen molar-refractivity contribution in [3.05, 3.63) is 29.6 Å². The number of nitrogens with zero attached hydrogens (tertiary/aromatic N) is 1. The fourth-order valence-corrected chi connectivity index (χ4v) is 1.97. The molecule has 0 bridgehead atoms. The summed E-state index contributed by atoms with van der Waals surface area (Å²) in [6.07, 6.45) is 2.87. The predicted octanol–water partition coefficient (Wildman–Crippen LogP) is 2.68. The van der Waals surface area contributed by atoms with Gasteiger partial charge in [0, 0.05) is 19.3 Å². The van der Waals surface area contributed by atoms with Gasteiger partial charge in [-0.3, -0.25) is 0 Å². The van der Waals surface area contributed by atoms with Gasteiger partial charge in [0.2, 0.25) is 0 Å². The van der Waals surface area contributed by atoms with Crippen LogP contribution in [0.4, 0.5) is 10.1 Å². The van der Waals surface area contributed by atoms with E-state index in [0.29, 0.717) is 11.3 Å². The number of anilines is 1. The topological polar surface area (TPSA) is 45.0 Å². The van der Waals surface area contributed by atoms with Gasteiger partial charge >= 0.3 is 0 Å². The van der Waals surface area contributed by atoms with Crippen LogP contribution in [0.15, 0.2) is 18.2 Å². The number of nitrogens with one attached hydrogen (secondary N) is 1. The maximum absolute atomic E-state index is 13.6. The lowest BCUT2D eigenvalue weighted by molar-refractivity contribution is 0.144. The third kappa shape index (κ3) is 3.18. The monoisotopic (exact) mass is 234 g/mol. The molecule has 1 saturated heterocycles. The minimum atomic E-state index is -0.366. The molecule has 0 radical (unpaired) electrons. The molecule has 1 N–H and O–H groups in total. The minimum Gasteiger partial charge on any atom is -0.381 e. The van der Waals surface area contributed by atoms with E-state index in [4.69, 9.17) is 10.00 Å². The van der Waals surface area contributed by atoms with E-state index in [0.717, 1.165) is 32.5 Å². The second kappa shape index (κ2) is 5.65. The van der Waals surface area contributed by atoms with Crippen LogP contribution in [-0.4, -0.2) is 19.3 Å². The number of ether oxygens (including phenoxy) is 1. The smallest absolute Gasteiger partial charge is 0.147 e. The highest BCUT2D eigenvalue weighted by Gasteiger charge is 2.14. The van der Waals surface area contributed by atoms with Gasteiger partial charge in [-0.05, 0) is 37.5 Å². The highest BCUT2D eigenvalue weighted by Crippen LogP contribution is 2.19. The molecule has 2 rings (SSSR count). The average Bonchev–Trinajstić information content (AvgIpc) is 2.60. The molecule has 0 saturated carbocycles. The number of halogens is 1. The van der Waals surface area contributed by atoms with Gasteiger partial charge in [0.1, 0.15) is 5.82 Å². The van der Waals surface area contributed by atoms with Crippen LogP contribution >= 0.6 is 0 Å². The second-order valence-corrected chi connectivity index (χ2v) is 4.19. The molecule has 3 nitrogen and oxygen atoms in total. The fourth-order valence-electron chi connectivity index (χ4n) is 1.97. The SMILES string of the molecule is N#Cc1ccc(NC2CCCOCC2)c(F)c1. The van der Waals surface area contributed by atoms with Gasteiger partial charge in [-0.25, -0.2) is 4.39 Å². The summed E-state index contributed by atoms with van der Waals surface area (Å²) in [6, 6.07) is 6.68. The third-order valence-electron chi connectivity index (χ3n) is 2.91. The van der Waals surface area contributed by atoms with Crippen molar-refractivity contribution in [2.24, 2.45) is 0 Å². The first-order valence-electron chi connectivity index (χ1n) is 5.83. The molecule has 1 fully saturated rings. The highest BCUT2D eigenvalue weighted by atomic mass is 19.1. The quantitative estimate of drug-likeness (QED) is 0.855. The molecule has 0 amide bonds. The number of hydrogen-bond donors (Lipinski definition) is 1. The molecule has 0 aromatic heterocycles. The molecule has 1 aromatic rings. The van der Waals surface area contributed by atoms with Gasteiger partial charge in [-0.15, -0.1) is 0 Å². The molecular weight excluding hydrogens is 219 g/mol. The number of nitriles is 1. The number of benzene rings is 1. The molecule has 1 unspecified atom stereocenters. The van der Waals surface area contributed by atoms with Crippen molar-refractivity contribution < 1.29 is 9.13 Å². The van der Waals surface area contributed by atoms with Crippen molar-refractivity contribution in [2.75, 3.05) is 18.5 Å². The van der Waals surface area contributed by atoms with E-state index in [-0.39, 0.29) is 11.9 Å². The largest absolute Gasteiger partial charge is 0.381 e. The summed E-state index contributed by atoms with van der Waals surface area (Å²) in [7, 11) is 0. The maximum atomic E-state index is 13.6. The van der Waals surface area contributed by atoms with Crippen LogP contribution in [0.25, 0.3) is 0 Å². The van der Waals surface area contributed by atoms with Crippen molar-refractivity contribution in [3.63, 3.8) is 0 Å². The van der Waals surface area contributed by atoms with E-state index in [2.05, 4.69) is 5.32 Å². The summed E-state index contributed by atoms with van der Waals surface area (Å²) >= 11 is 0. The average molecular weight is 234 g/mol. The Bertz CT molecular complexity index is 420. The Kier molecular flexibility index (Phi) is 3.94. The van der Waals surface area contributed by atoms with Crippen molar-refractivity contribution >= 4 is 5.69 Å². The molecule has 1 aliphatic rings. The lowest BCUT2D eigenvalue weighted by Crippen LogP contribution is -2.20. The summed E-state index contributed by atoms with van der Waals surface area (Å²) in [4.78, 5) is 0. The lowest BCUT2D eigenvalue weighted by atomic mass is 10.1. The Labute approximate surface area is 100 Å². The molecular formula is C13H15FN2O. The normalized spacial score (nSPS) is 20.4. The van der Waals surface area contributed by atoms with Gasteiger partial charge in [0.05, 0.1) is 17.3 Å². The highest BCUT2D eigenvalue weighted by molar-refractivity contribution is 5.49. The van der Waals surface area contributed by atoms with Crippen molar-refractivity contribution in [2.45, 2.75) is 25.3 Å². The first-order chi connectivity index (χ1) is 8.29. The van der Waals surface area contributed by atoms with Crippen LogP contribution in [-0.2, 0) is 4.74 Å². The Morgan fingerprint density at radius 2 is 2.24 bits per heavy atom. The minimum absolute atomic E-state index is 0.250. The van der Waals surface area contributed by atoms with E-state index in [1.165, 1.54) is 6.07 Å². The Hall–Kier alpha value is -1.60. The molecule has 1 atom stereocenters. The van der Waals surface area contributed by atoms with Crippen LogP contribution in [0.1, 0.15) is 24.8 Å². The third-order valence-corrected chi connectivity index (χ3v) is 2.91. The van der Waals surface area contributed by atoms with Crippen LogP contribution in [0.2, 0.25) is 0 Å². The zero-order valence-corrected chi connectivity index (χ0v) is 9.58. The maximum Gasteiger partial charge on any atom is 0.147 e. The molecule has 17 heavy (non-hydrogen) atoms. The standard InChI is InChI=1S/C13H15FN2O/c14-12-8-10(9-15)3-4-13(12)16-11-2-1-6-17-7-5-11/h3-4,8,11,16H,1-2,5-7H2. The summed E-state index contributed by atoms with van der Waals surface area (Å²) in [5, 5.41) is 11.8. The van der Waals surface area contributed by atoms with Crippen LogP contribution in [0.5, 0.6) is 0 Å². The van der Waals surface area contributed by atoms with E-state index in [9.17, 15) is 4.39 Å². The summed E-state index contributed by atoms with van der Waals surface area (Å²) < 4.78 is 19.0. The molecule has 90 valence electrons. The van der Waals surface area contributed by atoms with Crippen molar-refractivity contribution in [3.8, 4) is 6.07 Å². The van der Waals surface area contributed by atoms with E-state index in [1.807, 2.05) is 6.07 Å². The van der Waals surface area contributed by atoms with Crippen molar-refractivity contribution in [1.82, 2.24) is 0 Å². The summed E-state index contributed by atoms with van der Waals surface area (Å²) in [5.74, 6) is -0.366. The van der Waals surface area contributed by atoms with Gasteiger partial charge < -0.3 is 10.1 Å².